The number of nitrogens with one attached hydrogen (secondary N) is 1. The topological polar surface area (TPSA) is 84.3 Å². The minimum absolute atomic E-state index is 0.135. The van der Waals surface area contributed by atoms with Gasteiger partial charge in [-0.1, -0.05) is 55.8 Å². The van der Waals surface area contributed by atoms with Gasteiger partial charge in [0, 0.05) is 13.6 Å². The highest BCUT2D eigenvalue weighted by Crippen LogP contribution is 2.29. The van der Waals surface area contributed by atoms with Crippen molar-refractivity contribution in [1.29, 1.82) is 0 Å². The first-order valence-electron chi connectivity index (χ1n) is 11.5. The van der Waals surface area contributed by atoms with Gasteiger partial charge in [-0.25, -0.2) is 8.42 Å². The Morgan fingerprint density at radius 2 is 1.65 bits per heavy atom. The lowest BCUT2D eigenvalue weighted by atomic mass is 10.0. The standard InChI is InChI=1S/C26H34N4O3S/c1-18(2)23-11-13-24(14-12-23)30(34(32,33)26-20(4)28-29(6)21(26)5)17-25(31)27-16-15-22-9-7-19(3)8-10-22/h7-14,18H,15-17H2,1-6H3,(H,27,31). The van der Waals surface area contributed by atoms with Crippen molar-refractivity contribution in [3.8, 4) is 0 Å². The Bertz CT molecular complexity index is 1240. The summed E-state index contributed by atoms with van der Waals surface area (Å²) in [6.45, 7) is 9.68. The van der Waals surface area contributed by atoms with E-state index in [2.05, 4.69) is 24.3 Å². The Morgan fingerprint density at radius 3 is 2.18 bits per heavy atom. The van der Waals surface area contributed by atoms with E-state index in [9.17, 15) is 13.2 Å². The third kappa shape index (κ3) is 5.67. The van der Waals surface area contributed by atoms with Crippen molar-refractivity contribution >= 4 is 21.6 Å². The molecule has 0 aliphatic heterocycles. The molecule has 1 aromatic heterocycles. The zero-order chi connectivity index (χ0) is 25.0. The smallest absolute Gasteiger partial charge is 0.268 e. The lowest BCUT2D eigenvalue weighted by molar-refractivity contribution is -0.119. The summed E-state index contributed by atoms with van der Waals surface area (Å²) in [5.74, 6) is -0.0465. The second kappa shape index (κ2) is 10.4. The lowest BCUT2D eigenvalue weighted by Crippen LogP contribution is -2.41. The fourth-order valence-electron chi connectivity index (χ4n) is 3.87. The molecule has 3 aromatic rings. The predicted molar refractivity (Wildman–Crippen MR) is 136 cm³/mol. The van der Waals surface area contributed by atoms with Gasteiger partial charge in [0.25, 0.3) is 10.0 Å². The van der Waals surface area contributed by atoms with Gasteiger partial charge in [-0.2, -0.15) is 5.10 Å². The quantitative estimate of drug-likeness (QED) is 0.499. The number of hydrogen-bond donors (Lipinski definition) is 1. The first kappa shape index (κ1) is 25.5. The van der Waals surface area contributed by atoms with Gasteiger partial charge < -0.3 is 5.32 Å². The molecule has 0 saturated heterocycles. The van der Waals surface area contributed by atoms with Crippen LogP contribution >= 0.6 is 0 Å². The van der Waals surface area contributed by atoms with Crippen LogP contribution in [-0.2, 0) is 28.3 Å². The van der Waals surface area contributed by atoms with E-state index in [0.717, 1.165) is 11.1 Å². The largest absolute Gasteiger partial charge is 0.354 e. The van der Waals surface area contributed by atoms with Crippen LogP contribution in [-0.4, -0.2) is 37.2 Å². The Balaban J connectivity index is 1.85. The summed E-state index contributed by atoms with van der Waals surface area (Å²) >= 11 is 0. The van der Waals surface area contributed by atoms with Gasteiger partial charge >= 0.3 is 0 Å². The van der Waals surface area contributed by atoms with Crippen LogP contribution in [0.15, 0.2) is 53.4 Å². The van der Waals surface area contributed by atoms with Crippen molar-refractivity contribution in [2.45, 2.75) is 51.9 Å². The molecule has 2 aromatic carbocycles. The number of aryl methyl sites for hydroxylation is 3. The average molecular weight is 483 g/mol. The van der Waals surface area contributed by atoms with Gasteiger partial charge in [0.15, 0.2) is 0 Å². The van der Waals surface area contributed by atoms with E-state index in [0.29, 0.717) is 36.0 Å². The summed E-state index contributed by atoms with van der Waals surface area (Å²) in [6.07, 6.45) is 0.669. The Kier molecular flexibility index (Phi) is 7.82. The number of aromatic nitrogens is 2. The molecule has 0 bridgehead atoms. The third-order valence-corrected chi connectivity index (χ3v) is 8.01. The van der Waals surface area contributed by atoms with Gasteiger partial charge in [0.2, 0.25) is 5.91 Å². The first-order chi connectivity index (χ1) is 16.0. The summed E-state index contributed by atoms with van der Waals surface area (Å²) in [4.78, 5) is 13.0. The van der Waals surface area contributed by atoms with Crippen molar-refractivity contribution in [2.75, 3.05) is 17.4 Å². The van der Waals surface area contributed by atoms with Crippen molar-refractivity contribution in [1.82, 2.24) is 15.1 Å². The average Bonchev–Trinajstić information content (AvgIpc) is 3.05. The monoisotopic (exact) mass is 482 g/mol. The molecule has 0 aliphatic carbocycles. The lowest BCUT2D eigenvalue weighted by Gasteiger charge is -2.24. The van der Waals surface area contributed by atoms with Gasteiger partial charge in [-0.05, 0) is 56.4 Å². The maximum absolute atomic E-state index is 13.8. The minimum Gasteiger partial charge on any atom is -0.354 e. The molecule has 0 spiro atoms. The van der Waals surface area contributed by atoms with Crippen LogP contribution < -0.4 is 9.62 Å². The molecule has 34 heavy (non-hydrogen) atoms. The molecule has 3 rings (SSSR count). The molecule has 0 saturated carbocycles. The highest BCUT2D eigenvalue weighted by Gasteiger charge is 2.32. The number of carbonyl (C=O) groups excluding carboxylic acids is 1. The number of hydrogen-bond acceptors (Lipinski definition) is 4. The zero-order valence-electron chi connectivity index (χ0n) is 20.8. The van der Waals surface area contributed by atoms with Crippen LogP contribution in [0.4, 0.5) is 5.69 Å². The second-order valence-electron chi connectivity index (χ2n) is 8.97. The third-order valence-electron chi connectivity index (χ3n) is 5.98. The molecular formula is C26H34N4O3S. The van der Waals surface area contributed by atoms with Crippen LogP contribution in [0.2, 0.25) is 0 Å². The molecule has 7 nitrogen and oxygen atoms in total. The molecule has 1 heterocycles. The van der Waals surface area contributed by atoms with Crippen LogP contribution in [0.3, 0.4) is 0 Å². The molecular weight excluding hydrogens is 448 g/mol. The molecule has 1 amide bonds. The number of benzene rings is 2. The fraction of sp³-hybridized carbons (Fsp3) is 0.385. The van der Waals surface area contributed by atoms with Crippen molar-refractivity contribution in [3.63, 3.8) is 0 Å². The predicted octanol–water partition coefficient (Wildman–Crippen LogP) is 4.02. The van der Waals surface area contributed by atoms with Gasteiger partial charge in [0.05, 0.1) is 17.1 Å². The molecule has 182 valence electrons. The number of nitrogens with zero attached hydrogens (tertiary/aromatic N) is 3. The Morgan fingerprint density at radius 1 is 1.03 bits per heavy atom. The highest BCUT2D eigenvalue weighted by molar-refractivity contribution is 7.93. The van der Waals surface area contributed by atoms with Crippen molar-refractivity contribution in [2.24, 2.45) is 7.05 Å². The van der Waals surface area contributed by atoms with Crippen LogP contribution in [0, 0.1) is 20.8 Å². The summed E-state index contributed by atoms with van der Waals surface area (Å²) < 4.78 is 30.2. The summed E-state index contributed by atoms with van der Waals surface area (Å²) in [5, 5.41) is 7.14. The molecule has 0 atom stereocenters. The van der Waals surface area contributed by atoms with E-state index in [4.69, 9.17) is 0 Å². The normalized spacial score (nSPS) is 11.6. The maximum Gasteiger partial charge on any atom is 0.268 e. The number of sulfonamides is 1. The first-order valence-corrected chi connectivity index (χ1v) is 12.9. The summed E-state index contributed by atoms with van der Waals surface area (Å²) in [6, 6.07) is 15.4. The number of amides is 1. The van der Waals surface area contributed by atoms with Crippen molar-refractivity contribution < 1.29 is 13.2 Å². The van der Waals surface area contributed by atoms with E-state index in [-0.39, 0.29) is 17.3 Å². The van der Waals surface area contributed by atoms with Crippen LogP contribution in [0.1, 0.15) is 47.8 Å². The van der Waals surface area contributed by atoms with E-state index < -0.39 is 10.0 Å². The van der Waals surface area contributed by atoms with E-state index in [1.165, 1.54) is 9.87 Å². The molecule has 0 fully saturated rings. The van der Waals surface area contributed by atoms with Gasteiger partial charge in [0.1, 0.15) is 11.4 Å². The Hall–Kier alpha value is -3.13. The molecule has 0 aliphatic rings. The number of rotatable bonds is 9. The van der Waals surface area contributed by atoms with Gasteiger partial charge in [-0.15, -0.1) is 0 Å². The zero-order valence-corrected chi connectivity index (χ0v) is 21.6. The summed E-state index contributed by atoms with van der Waals surface area (Å²) in [5.41, 5.74) is 4.77. The van der Waals surface area contributed by atoms with E-state index in [1.54, 1.807) is 37.7 Å². The molecule has 0 unspecified atom stereocenters. The molecule has 1 N–H and O–H groups in total. The second-order valence-corrected chi connectivity index (χ2v) is 10.8. The van der Waals surface area contributed by atoms with E-state index in [1.807, 2.05) is 43.3 Å². The minimum atomic E-state index is -4.02. The van der Waals surface area contributed by atoms with E-state index >= 15 is 0 Å². The Labute approximate surface area is 202 Å². The number of anilines is 1. The SMILES string of the molecule is Cc1ccc(CCNC(=O)CN(c2ccc(C(C)C)cc2)S(=O)(=O)c2c(C)nn(C)c2C)cc1. The highest BCUT2D eigenvalue weighted by atomic mass is 32.2. The molecule has 8 heteroatoms. The van der Waals surface area contributed by atoms with Crippen LogP contribution in [0.25, 0.3) is 0 Å². The van der Waals surface area contributed by atoms with Crippen LogP contribution in [0.5, 0.6) is 0 Å². The van der Waals surface area contributed by atoms with Crippen molar-refractivity contribution in [3.05, 3.63) is 76.6 Å². The summed E-state index contributed by atoms with van der Waals surface area (Å²) in [7, 11) is -2.31. The number of carbonyl (C=O) groups is 1. The fourth-order valence-corrected chi connectivity index (χ4v) is 5.69. The molecule has 0 radical (unpaired) electrons. The van der Waals surface area contributed by atoms with Gasteiger partial charge in [-0.3, -0.25) is 13.8 Å². The maximum atomic E-state index is 13.8.